The van der Waals surface area contributed by atoms with E-state index in [4.69, 9.17) is 0 Å². The monoisotopic (exact) mass is 417 g/mol. The van der Waals surface area contributed by atoms with Crippen LogP contribution >= 0.6 is 0 Å². The van der Waals surface area contributed by atoms with Crippen molar-refractivity contribution in [2.45, 2.75) is 19.6 Å². The van der Waals surface area contributed by atoms with E-state index in [1.54, 1.807) is 6.33 Å². The zero-order valence-corrected chi connectivity index (χ0v) is 18.9. The Kier molecular flexibility index (Phi) is 3.83. The summed E-state index contributed by atoms with van der Waals surface area (Å²) in [6.45, 7) is 7.12. The van der Waals surface area contributed by atoms with Gasteiger partial charge >= 0.3 is 0 Å². The van der Waals surface area contributed by atoms with Gasteiger partial charge in [0.1, 0.15) is 6.33 Å². The average Bonchev–Trinajstić information content (AvgIpc) is 3.33. The molecule has 0 saturated heterocycles. The van der Waals surface area contributed by atoms with Gasteiger partial charge in [-0.2, -0.15) is 0 Å². The molecule has 0 amide bonds. The van der Waals surface area contributed by atoms with Crippen LogP contribution in [0.5, 0.6) is 0 Å². The predicted octanol–water partition coefficient (Wildman–Crippen LogP) is 6.35. The van der Waals surface area contributed by atoms with Crippen molar-refractivity contribution < 1.29 is 0 Å². The Morgan fingerprint density at radius 2 is 1.42 bits per heavy atom. The summed E-state index contributed by atoms with van der Waals surface area (Å²) in [5.74, 6) is 0. The molecule has 6 rings (SSSR count). The van der Waals surface area contributed by atoms with E-state index in [0.717, 1.165) is 22.5 Å². The first-order chi connectivity index (χ1) is 15.0. The summed E-state index contributed by atoms with van der Waals surface area (Å²) >= 11 is 0. The highest BCUT2D eigenvalue weighted by atomic mass is 28.3. The van der Waals surface area contributed by atoms with E-state index in [9.17, 15) is 0 Å². The molecule has 3 aromatic heterocycles. The lowest BCUT2D eigenvalue weighted by Crippen LogP contribution is -2.37. The van der Waals surface area contributed by atoms with Gasteiger partial charge in [-0.15, -0.1) is 0 Å². The molecule has 3 heterocycles. The van der Waals surface area contributed by atoms with Crippen LogP contribution in [0.3, 0.4) is 0 Å². The molecule has 0 atom stereocenters. The van der Waals surface area contributed by atoms with Gasteiger partial charge in [0.15, 0.2) is 0 Å². The van der Waals surface area contributed by atoms with Gasteiger partial charge < -0.3 is 4.40 Å². The fourth-order valence-corrected chi connectivity index (χ4v) is 5.78. The standard InChI is InChI=1S/C27H23N3Si/c1-31(2,3)19-13-11-18(12-14-19)24-15-25(29-17-28-24)23-16-30-26-10-5-4-7-20(26)21-8-6-9-22(23)27(21)30/h4-17H,1-3H3. The Balaban J connectivity index is 1.51. The second-order valence-electron chi connectivity index (χ2n) is 9.25. The SMILES string of the molecule is C[Si](C)(C)c1ccc(-c2cc(-c3cn4c5ccccc5c5cccc3c54)ncn2)cc1. The van der Waals surface area contributed by atoms with E-state index in [1.807, 2.05) is 0 Å². The third-order valence-electron chi connectivity index (χ3n) is 6.27. The van der Waals surface area contributed by atoms with Crippen LogP contribution in [0.15, 0.2) is 85.3 Å². The van der Waals surface area contributed by atoms with Crippen LogP contribution in [0.2, 0.25) is 19.6 Å². The highest BCUT2D eigenvalue weighted by Gasteiger charge is 2.18. The number of hydrogen-bond acceptors (Lipinski definition) is 2. The summed E-state index contributed by atoms with van der Waals surface area (Å²) < 4.78 is 2.31. The molecule has 150 valence electrons. The number of para-hydroxylation sites is 2. The first-order valence-corrected chi connectivity index (χ1v) is 14.2. The van der Waals surface area contributed by atoms with Crippen LogP contribution < -0.4 is 5.19 Å². The average molecular weight is 418 g/mol. The van der Waals surface area contributed by atoms with Gasteiger partial charge in [0.05, 0.1) is 30.5 Å². The third-order valence-corrected chi connectivity index (χ3v) is 8.33. The molecule has 0 fully saturated rings. The molecule has 0 N–H and O–H groups in total. The van der Waals surface area contributed by atoms with Gasteiger partial charge in [0.2, 0.25) is 0 Å². The van der Waals surface area contributed by atoms with Gasteiger partial charge in [-0.05, 0) is 12.1 Å². The molecule has 3 aromatic carbocycles. The van der Waals surface area contributed by atoms with Crippen LogP contribution in [0, 0.1) is 0 Å². The zero-order chi connectivity index (χ0) is 21.2. The molecule has 0 aliphatic rings. The number of hydrogen-bond donors (Lipinski definition) is 0. The molecular weight excluding hydrogens is 394 g/mol. The maximum Gasteiger partial charge on any atom is 0.116 e. The molecule has 3 nitrogen and oxygen atoms in total. The Labute approximate surface area is 182 Å². The minimum Gasteiger partial charge on any atom is -0.315 e. The van der Waals surface area contributed by atoms with E-state index in [-0.39, 0.29) is 0 Å². The fraction of sp³-hybridized carbons (Fsp3) is 0.111. The fourth-order valence-electron chi connectivity index (χ4n) is 4.61. The van der Waals surface area contributed by atoms with Crippen molar-refractivity contribution in [1.29, 1.82) is 0 Å². The van der Waals surface area contributed by atoms with Crippen molar-refractivity contribution >= 4 is 40.5 Å². The lowest BCUT2D eigenvalue weighted by molar-refractivity contribution is 1.17. The number of rotatable bonds is 3. The lowest BCUT2D eigenvalue weighted by Gasteiger charge is -2.16. The molecule has 31 heavy (non-hydrogen) atoms. The summed E-state index contributed by atoms with van der Waals surface area (Å²) in [5, 5.41) is 5.27. The topological polar surface area (TPSA) is 30.2 Å². The third kappa shape index (κ3) is 2.79. The summed E-state index contributed by atoms with van der Waals surface area (Å²) in [4.78, 5) is 9.22. The van der Waals surface area contributed by atoms with Gasteiger partial charge in [-0.1, -0.05) is 85.5 Å². The van der Waals surface area contributed by atoms with E-state index >= 15 is 0 Å². The van der Waals surface area contributed by atoms with Gasteiger partial charge in [-0.3, -0.25) is 0 Å². The Morgan fingerprint density at radius 3 is 2.23 bits per heavy atom. The molecule has 6 aromatic rings. The number of benzene rings is 3. The molecule has 0 aliphatic heterocycles. The van der Waals surface area contributed by atoms with E-state index in [2.05, 4.69) is 113 Å². The molecule has 0 bridgehead atoms. The highest BCUT2D eigenvalue weighted by Crippen LogP contribution is 2.38. The predicted molar refractivity (Wildman–Crippen MR) is 133 cm³/mol. The summed E-state index contributed by atoms with van der Waals surface area (Å²) in [6.07, 6.45) is 3.91. The highest BCUT2D eigenvalue weighted by molar-refractivity contribution is 6.88. The lowest BCUT2D eigenvalue weighted by atomic mass is 10.0. The van der Waals surface area contributed by atoms with Crippen LogP contribution in [0.1, 0.15) is 0 Å². The first kappa shape index (κ1) is 18.3. The maximum atomic E-state index is 4.65. The van der Waals surface area contributed by atoms with Crippen molar-refractivity contribution in [3.05, 3.63) is 85.3 Å². The molecule has 0 saturated carbocycles. The number of nitrogens with zero attached hydrogens (tertiary/aromatic N) is 3. The molecule has 0 radical (unpaired) electrons. The number of aromatic nitrogens is 3. The minimum absolute atomic E-state index is 0.958. The smallest absolute Gasteiger partial charge is 0.116 e. The maximum absolute atomic E-state index is 4.65. The summed E-state index contributed by atoms with van der Waals surface area (Å²) in [7, 11) is -1.31. The van der Waals surface area contributed by atoms with E-state index < -0.39 is 8.07 Å². The number of fused-ring (bicyclic) bond motifs is 3. The Hall–Kier alpha value is -3.50. The van der Waals surface area contributed by atoms with Gasteiger partial charge in [0, 0.05) is 33.5 Å². The molecular formula is C27H23N3Si. The molecule has 0 spiro atoms. The summed E-state index contributed by atoms with van der Waals surface area (Å²) in [5.41, 5.74) is 6.69. The molecule has 4 heteroatoms. The van der Waals surface area contributed by atoms with Crippen LogP contribution in [0.25, 0.3) is 49.7 Å². The van der Waals surface area contributed by atoms with Crippen molar-refractivity contribution in [2.75, 3.05) is 0 Å². The van der Waals surface area contributed by atoms with Crippen molar-refractivity contribution in [2.24, 2.45) is 0 Å². The van der Waals surface area contributed by atoms with E-state index in [0.29, 0.717) is 0 Å². The second kappa shape index (κ2) is 6.50. The van der Waals surface area contributed by atoms with Gasteiger partial charge in [0.25, 0.3) is 0 Å². The van der Waals surface area contributed by atoms with Gasteiger partial charge in [-0.25, -0.2) is 9.97 Å². The largest absolute Gasteiger partial charge is 0.315 e. The molecule has 0 unspecified atom stereocenters. The Bertz CT molecular complexity index is 1560. The van der Waals surface area contributed by atoms with Crippen molar-refractivity contribution in [3.63, 3.8) is 0 Å². The first-order valence-electron chi connectivity index (χ1n) is 10.7. The van der Waals surface area contributed by atoms with Crippen LogP contribution in [0.4, 0.5) is 0 Å². The Morgan fingerprint density at radius 1 is 0.710 bits per heavy atom. The summed E-state index contributed by atoms with van der Waals surface area (Å²) in [6, 6.07) is 26.2. The van der Waals surface area contributed by atoms with Crippen LogP contribution in [-0.2, 0) is 0 Å². The zero-order valence-electron chi connectivity index (χ0n) is 17.9. The normalized spacial score (nSPS) is 12.4. The quantitative estimate of drug-likeness (QED) is 0.314. The van der Waals surface area contributed by atoms with E-state index in [1.165, 1.54) is 32.4 Å². The minimum atomic E-state index is -1.31. The van der Waals surface area contributed by atoms with Crippen molar-refractivity contribution in [1.82, 2.24) is 14.4 Å². The van der Waals surface area contributed by atoms with Crippen LogP contribution in [-0.4, -0.2) is 22.4 Å². The molecule has 0 aliphatic carbocycles. The van der Waals surface area contributed by atoms with Crippen molar-refractivity contribution in [3.8, 4) is 22.5 Å². The second-order valence-corrected chi connectivity index (χ2v) is 14.3.